The summed E-state index contributed by atoms with van der Waals surface area (Å²) >= 11 is 0. The van der Waals surface area contributed by atoms with Gasteiger partial charge in [-0.05, 0) is 42.0 Å². The summed E-state index contributed by atoms with van der Waals surface area (Å²) < 4.78 is 54.4. The zero-order chi connectivity index (χ0) is 24.1. The van der Waals surface area contributed by atoms with Crippen molar-refractivity contribution in [1.82, 2.24) is 4.31 Å². The third kappa shape index (κ3) is 5.11. The van der Waals surface area contributed by atoms with Gasteiger partial charge in [0.1, 0.15) is 19.0 Å². The van der Waals surface area contributed by atoms with Gasteiger partial charge in [0.25, 0.3) is 0 Å². The van der Waals surface area contributed by atoms with Gasteiger partial charge in [0.2, 0.25) is 21.7 Å². The third-order valence-corrected chi connectivity index (χ3v) is 7.21. The van der Waals surface area contributed by atoms with Gasteiger partial charge in [0.05, 0.1) is 38.0 Å². The maximum Gasteiger partial charge on any atom is 0.248 e. The normalized spacial score (nSPS) is 16.3. The van der Waals surface area contributed by atoms with Crippen molar-refractivity contribution in [3.63, 3.8) is 0 Å². The molecule has 0 saturated carbocycles. The molecule has 10 nitrogen and oxygen atoms in total. The minimum absolute atomic E-state index is 0.0612. The van der Waals surface area contributed by atoms with E-state index in [1.807, 2.05) is 0 Å². The molecule has 0 radical (unpaired) electrons. The first-order valence-electron chi connectivity index (χ1n) is 10.6. The second kappa shape index (κ2) is 10.3. The van der Waals surface area contributed by atoms with E-state index in [9.17, 15) is 13.2 Å². The molecule has 0 spiro atoms. The van der Waals surface area contributed by atoms with E-state index in [0.717, 1.165) is 0 Å². The van der Waals surface area contributed by atoms with Crippen molar-refractivity contribution < 1.29 is 36.9 Å². The molecule has 2 aromatic carbocycles. The Balaban J connectivity index is 1.53. The highest BCUT2D eigenvalue weighted by Crippen LogP contribution is 2.40. The van der Waals surface area contributed by atoms with Gasteiger partial charge in [-0.2, -0.15) is 4.31 Å². The van der Waals surface area contributed by atoms with Crippen molar-refractivity contribution in [3.05, 3.63) is 42.0 Å². The van der Waals surface area contributed by atoms with Crippen LogP contribution < -0.4 is 24.3 Å². The molecule has 0 bridgehead atoms. The van der Waals surface area contributed by atoms with Gasteiger partial charge in [-0.15, -0.1) is 0 Å². The molecule has 2 heterocycles. The lowest BCUT2D eigenvalue weighted by atomic mass is 10.1. The van der Waals surface area contributed by atoms with Crippen LogP contribution in [0.4, 0.5) is 5.69 Å². The highest BCUT2D eigenvalue weighted by Gasteiger charge is 2.27. The minimum Gasteiger partial charge on any atom is -0.495 e. The first kappa shape index (κ1) is 23.9. The summed E-state index contributed by atoms with van der Waals surface area (Å²) in [6.07, 6.45) is 2.92. The van der Waals surface area contributed by atoms with Crippen LogP contribution in [0, 0.1) is 0 Å². The number of hydrogen-bond acceptors (Lipinski definition) is 8. The lowest BCUT2D eigenvalue weighted by Crippen LogP contribution is -2.40. The van der Waals surface area contributed by atoms with E-state index in [4.69, 9.17) is 23.7 Å². The van der Waals surface area contributed by atoms with Gasteiger partial charge in [-0.3, -0.25) is 4.79 Å². The molecule has 2 aromatic rings. The zero-order valence-corrected chi connectivity index (χ0v) is 19.7. The number of anilines is 1. The maximum atomic E-state index is 13.0. The lowest BCUT2D eigenvalue weighted by Gasteiger charge is -2.26. The summed E-state index contributed by atoms with van der Waals surface area (Å²) in [7, 11) is -0.760. The highest BCUT2D eigenvalue weighted by molar-refractivity contribution is 7.89. The van der Waals surface area contributed by atoms with Crippen molar-refractivity contribution in [3.8, 4) is 23.0 Å². The number of ether oxygens (including phenoxy) is 5. The summed E-state index contributed by atoms with van der Waals surface area (Å²) in [5, 5.41) is 2.69. The van der Waals surface area contributed by atoms with E-state index in [-0.39, 0.29) is 23.7 Å². The third-order valence-electron chi connectivity index (χ3n) is 5.31. The second-order valence-corrected chi connectivity index (χ2v) is 9.39. The Kier molecular flexibility index (Phi) is 7.25. The van der Waals surface area contributed by atoms with Crippen LogP contribution in [0.2, 0.25) is 0 Å². The molecule has 1 amide bonds. The maximum absolute atomic E-state index is 13.0. The summed E-state index contributed by atoms with van der Waals surface area (Å²) in [4.78, 5) is 12.7. The molecule has 1 saturated heterocycles. The highest BCUT2D eigenvalue weighted by atomic mass is 32.2. The number of rotatable bonds is 7. The quantitative estimate of drug-likeness (QED) is 0.588. The van der Waals surface area contributed by atoms with Crippen LogP contribution in [0.3, 0.4) is 0 Å². The van der Waals surface area contributed by atoms with E-state index in [1.54, 1.807) is 18.2 Å². The zero-order valence-electron chi connectivity index (χ0n) is 18.9. The van der Waals surface area contributed by atoms with Gasteiger partial charge < -0.3 is 29.0 Å². The topological polar surface area (TPSA) is 113 Å². The molecule has 11 heteroatoms. The van der Waals surface area contributed by atoms with Crippen LogP contribution in [-0.2, 0) is 19.6 Å². The number of nitrogens with zero attached hydrogens (tertiary/aromatic N) is 1. The number of carbonyl (C=O) groups is 1. The minimum atomic E-state index is -3.73. The Bertz CT molecular complexity index is 1170. The fourth-order valence-corrected chi connectivity index (χ4v) is 5.05. The Morgan fingerprint density at radius 1 is 1.00 bits per heavy atom. The monoisotopic (exact) mass is 490 g/mol. The SMILES string of the molecule is COc1ccc(S(=O)(=O)N2CCOCC2)cc1NC(=O)/C=C/c1cc(OC)c2c(c1)OCCO2. The molecule has 0 atom stereocenters. The average Bonchev–Trinajstić information content (AvgIpc) is 2.87. The van der Waals surface area contributed by atoms with Gasteiger partial charge in [0, 0.05) is 19.2 Å². The summed E-state index contributed by atoms with van der Waals surface area (Å²) in [5.41, 5.74) is 0.915. The number of hydrogen-bond donors (Lipinski definition) is 1. The Morgan fingerprint density at radius 2 is 1.74 bits per heavy atom. The Hall–Kier alpha value is -3.28. The standard InChI is InChI=1S/C23H26N2O8S/c1-29-19-5-4-17(34(27,28)25-7-9-31-10-8-25)15-18(19)24-22(26)6-3-16-13-20(30-2)23-21(14-16)32-11-12-33-23/h3-6,13-15H,7-12H2,1-2H3,(H,24,26)/b6-3+. The number of morpholine rings is 1. The molecule has 2 aliphatic rings. The van der Waals surface area contributed by atoms with Crippen LogP contribution in [0.25, 0.3) is 6.08 Å². The molecule has 182 valence electrons. The van der Waals surface area contributed by atoms with Crippen molar-refractivity contribution in [2.24, 2.45) is 0 Å². The van der Waals surface area contributed by atoms with Gasteiger partial charge in [-0.25, -0.2) is 8.42 Å². The van der Waals surface area contributed by atoms with Crippen molar-refractivity contribution in [2.75, 3.05) is 59.1 Å². The molecule has 2 aliphatic heterocycles. The molecular weight excluding hydrogens is 464 g/mol. The summed E-state index contributed by atoms with van der Waals surface area (Å²) in [6.45, 7) is 2.09. The molecule has 0 aliphatic carbocycles. The van der Waals surface area contributed by atoms with Crippen LogP contribution in [0.5, 0.6) is 23.0 Å². The van der Waals surface area contributed by atoms with E-state index >= 15 is 0 Å². The number of carbonyl (C=O) groups excluding carboxylic acids is 1. The van der Waals surface area contributed by atoms with Crippen molar-refractivity contribution in [2.45, 2.75) is 4.90 Å². The fraction of sp³-hybridized carbons (Fsp3) is 0.348. The number of amides is 1. The Morgan fingerprint density at radius 3 is 2.47 bits per heavy atom. The molecule has 0 aromatic heterocycles. The largest absolute Gasteiger partial charge is 0.495 e. The summed E-state index contributed by atoms with van der Waals surface area (Å²) in [5.74, 6) is 1.43. The van der Waals surface area contributed by atoms with Crippen LogP contribution in [0.15, 0.2) is 41.3 Å². The molecule has 1 N–H and O–H groups in total. The molecule has 1 fully saturated rings. The van der Waals surface area contributed by atoms with E-state index in [0.29, 0.717) is 55.0 Å². The summed E-state index contributed by atoms with van der Waals surface area (Å²) in [6, 6.07) is 7.84. The lowest BCUT2D eigenvalue weighted by molar-refractivity contribution is -0.111. The van der Waals surface area contributed by atoms with Crippen LogP contribution in [0.1, 0.15) is 5.56 Å². The first-order valence-corrected chi connectivity index (χ1v) is 12.1. The predicted octanol–water partition coefficient (Wildman–Crippen LogP) is 2.15. The van der Waals surface area contributed by atoms with Crippen molar-refractivity contribution >= 4 is 27.7 Å². The molecular formula is C23H26N2O8S. The number of benzene rings is 2. The van der Waals surface area contributed by atoms with Gasteiger partial charge in [-0.1, -0.05) is 0 Å². The number of fused-ring (bicyclic) bond motifs is 1. The molecule has 4 rings (SSSR count). The fourth-order valence-electron chi connectivity index (χ4n) is 3.62. The van der Waals surface area contributed by atoms with E-state index in [2.05, 4.69) is 5.32 Å². The second-order valence-electron chi connectivity index (χ2n) is 7.45. The van der Waals surface area contributed by atoms with Gasteiger partial charge in [0.15, 0.2) is 11.5 Å². The number of nitrogens with one attached hydrogen (secondary N) is 1. The van der Waals surface area contributed by atoms with Crippen LogP contribution in [-0.4, -0.2) is 72.4 Å². The number of sulfonamides is 1. The smallest absolute Gasteiger partial charge is 0.248 e. The van der Waals surface area contributed by atoms with Crippen LogP contribution >= 0.6 is 0 Å². The first-order chi connectivity index (χ1) is 16.4. The van der Waals surface area contributed by atoms with E-state index < -0.39 is 15.9 Å². The number of methoxy groups -OCH3 is 2. The van der Waals surface area contributed by atoms with E-state index in [1.165, 1.54) is 42.8 Å². The van der Waals surface area contributed by atoms with Crippen molar-refractivity contribution in [1.29, 1.82) is 0 Å². The van der Waals surface area contributed by atoms with Gasteiger partial charge >= 0.3 is 0 Å². The average molecular weight is 491 g/mol. The molecule has 0 unspecified atom stereocenters. The predicted molar refractivity (Wildman–Crippen MR) is 124 cm³/mol. The molecule has 34 heavy (non-hydrogen) atoms. The Labute approximate surface area is 198 Å².